The molecule has 1 heterocycles. The van der Waals surface area contributed by atoms with E-state index in [0.29, 0.717) is 24.2 Å². The summed E-state index contributed by atoms with van der Waals surface area (Å²) in [5.41, 5.74) is 0.856. The van der Waals surface area contributed by atoms with E-state index in [-0.39, 0.29) is 11.1 Å². The maximum absolute atomic E-state index is 12.5. The van der Waals surface area contributed by atoms with Crippen molar-refractivity contribution in [2.75, 3.05) is 0 Å². The highest BCUT2D eigenvalue weighted by Crippen LogP contribution is 2.50. The number of ketones is 1. The van der Waals surface area contributed by atoms with Gasteiger partial charge in [0.05, 0.1) is 0 Å². The Morgan fingerprint density at radius 2 is 2.05 bits per heavy atom. The Labute approximate surface area is 122 Å². The molecule has 0 amide bonds. The molecule has 1 N–H and O–H groups in total. The van der Waals surface area contributed by atoms with Crippen LogP contribution in [0.15, 0.2) is 11.3 Å². The second-order valence-corrected chi connectivity index (χ2v) is 7.97. The molecule has 1 fully saturated rings. The van der Waals surface area contributed by atoms with Crippen LogP contribution in [0.5, 0.6) is 0 Å². The minimum Gasteiger partial charge on any atom is -0.477 e. The van der Waals surface area contributed by atoms with E-state index < -0.39 is 0 Å². The van der Waals surface area contributed by atoms with Crippen molar-refractivity contribution in [3.05, 3.63) is 11.3 Å². The molecule has 2 aliphatic carbocycles. The van der Waals surface area contributed by atoms with E-state index in [2.05, 4.69) is 33.0 Å². The van der Waals surface area contributed by atoms with Gasteiger partial charge in [-0.25, -0.2) is 0 Å². The van der Waals surface area contributed by atoms with Gasteiger partial charge in [-0.2, -0.15) is 0 Å². The van der Waals surface area contributed by atoms with Crippen molar-refractivity contribution in [3.8, 4) is 0 Å². The number of hydrogen-bond acceptors (Lipinski definition) is 3. The predicted octanol–water partition coefficient (Wildman–Crippen LogP) is 3.54. The fraction of sp³-hybridized carbons (Fsp3) is 0.824. The highest BCUT2D eigenvalue weighted by Gasteiger charge is 2.49. The van der Waals surface area contributed by atoms with Crippen molar-refractivity contribution in [1.29, 1.82) is 0 Å². The highest BCUT2D eigenvalue weighted by atomic mass is 16.5. The quantitative estimate of drug-likeness (QED) is 0.839. The number of Topliss-reactive ketones (excluding diaryl/α,β-unsaturated/α-hetero) is 1. The molecule has 0 spiro atoms. The van der Waals surface area contributed by atoms with Crippen LogP contribution in [0, 0.1) is 11.3 Å². The maximum atomic E-state index is 12.5. The topological polar surface area (TPSA) is 38.3 Å². The molecule has 3 nitrogen and oxygen atoms in total. The summed E-state index contributed by atoms with van der Waals surface area (Å²) in [5.74, 6) is 1.75. The second-order valence-electron chi connectivity index (χ2n) is 7.97. The zero-order valence-corrected chi connectivity index (χ0v) is 13.2. The summed E-state index contributed by atoms with van der Waals surface area (Å²) in [6.07, 6.45) is 5.92. The highest BCUT2D eigenvalue weighted by molar-refractivity contribution is 5.97. The van der Waals surface area contributed by atoms with Gasteiger partial charge >= 0.3 is 0 Å². The molecule has 0 unspecified atom stereocenters. The summed E-state index contributed by atoms with van der Waals surface area (Å²) in [6.45, 7) is 8.68. The molecule has 2 atom stereocenters. The Kier molecular flexibility index (Phi) is 3.24. The van der Waals surface area contributed by atoms with Crippen LogP contribution in [0.4, 0.5) is 0 Å². The Morgan fingerprint density at radius 1 is 1.30 bits per heavy atom. The van der Waals surface area contributed by atoms with E-state index in [1.165, 1.54) is 0 Å². The van der Waals surface area contributed by atoms with Gasteiger partial charge in [0.15, 0.2) is 11.5 Å². The zero-order valence-electron chi connectivity index (χ0n) is 13.2. The first-order valence-electron chi connectivity index (χ1n) is 8.03. The molecule has 20 heavy (non-hydrogen) atoms. The number of hydrogen-bond donors (Lipinski definition) is 1. The van der Waals surface area contributed by atoms with Gasteiger partial charge < -0.3 is 4.74 Å². The van der Waals surface area contributed by atoms with Crippen LogP contribution < -0.4 is 5.32 Å². The van der Waals surface area contributed by atoms with E-state index in [1.54, 1.807) is 0 Å². The lowest BCUT2D eigenvalue weighted by molar-refractivity contribution is -0.129. The smallest absolute Gasteiger partial charge is 0.163 e. The summed E-state index contributed by atoms with van der Waals surface area (Å²) < 4.78 is 6.41. The predicted molar refractivity (Wildman–Crippen MR) is 79.1 cm³/mol. The third-order valence-corrected chi connectivity index (χ3v) is 4.87. The van der Waals surface area contributed by atoms with Crippen LogP contribution in [0.1, 0.15) is 66.2 Å². The first-order valence-corrected chi connectivity index (χ1v) is 8.03. The van der Waals surface area contributed by atoms with E-state index in [1.807, 2.05) is 0 Å². The molecular weight excluding hydrogens is 250 g/mol. The van der Waals surface area contributed by atoms with Gasteiger partial charge in [0.2, 0.25) is 0 Å². The third kappa shape index (κ3) is 2.41. The molecule has 3 aliphatic rings. The lowest BCUT2D eigenvalue weighted by Crippen LogP contribution is -2.56. The monoisotopic (exact) mass is 277 g/mol. The molecule has 2 bridgehead atoms. The van der Waals surface area contributed by atoms with Gasteiger partial charge in [-0.1, -0.05) is 13.8 Å². The van der Waals surface area contributed by atoms with Crippen molar-refractivity contribution < 1.29 is 9.53 Å². The molecule has 3 heteroatoms. The largest absolute Gasteiger partial charge is 0.477 e. The van der Waals surface area contributed by atoms with Crippen molar-refractivity contribution in [3.63, 3.8) is 0 Å². The molecule has 0 aromatic rings. The molecule has 1 saturated carbocycles. The van der Waals surface area contributed by atoms with Crippen molar-refractivity contribution in [1.82, 2.24) is 5.32 Å². The molecular formula is C17H27NO2. The normalized spacial score (nSPS) is 35.9. The van der Waals surface area contributed by atoms with E-state index in [4.69, 9.17) is 4.74 Å². The number of rotatable bonds is 2. The Bertz CT molecular complexity index is 464. The number of nitrogens with one attached hydrogen (secondary N) is 1. The standard InChI is InChI=1S/C17H27NO2/c1-11(2)18-17-7-5-6-12(8-17)15-13(19)9-16(3,4)10-14(15)20-17/h11-12,18H,5-10H2,1-4H3/t12-,17+/m0/s1. The lowest BCUT2D eigenvalue weighted by atomic mass is 9.68. The number of fused-ring (bicyclic) bond motifs is 3. The van der Waals surface area contributed by atoms with E-state index in [0.717, 1.165) is 43.4 Å². The fourth-order valence-corrected chi connectivity index (χ4v) is 4.32. The molecule has 0 saturated heterocycles. The van der Waals surface area contributed by atoms with Crippen LogP contribution in [0.3, 0.4) is 0 Å². The summed E-state index contributed by atoms with van der Waals surface area (Å²) in [4.78, 5) is 12.5. The minimum atomic E-state index is -0.219. The number of carbonyl (C=O) groups is 1. The Morgan fingerprint density at radius 3 is 2.75 bits per heavy atom. The van der Waals surface area contributed by atoms with Crippen LogP contribution >= 0.6 is 0 Å². The SMILES string of the molecule is CC(C)N[C@@]12CCC[C@@H](C1)C1=C(CC(C)(C)CC1=O)O2. The average molecular weight is 277 g/mol. The van der Waals surface area contributed by atoms with Crippen molar-refractivity contribution in [2.24, 2.45) is 11.3 Å². The third-order valence-electron chi connectivity index (χ3n) is 4.87. The summed E-state index contributed by atoms with van der Waals surface area (Å²) in [5, 5.41) is 3.63. The van der Waals surface area contributed by atoms with E-state index in [9.17, 15) is 4.79 Å². The van der Waals surface area contributed by atoms with Gasteiger partial charge in [-0.05, 0) is 38.0 Å². The van der Waals surface area contributed by atoms with Gasteiger partial charge in [-0.15, -0.1) is 0 Å². The lowest BCUT2D eigenvalue weighted by Gasteiger charge is -2.50. The van der Waals surface area contributed by atoms with Crippen molar-refractivity contribution in [2.45, 2.75) is 78.0 Å². The van der Waals surface area contributed by atoms with Crippen molar-refractivity contribution >= 4 is 5.78 Å². The van der Waals surface area contributed by atoms with Crippen LogP contribution in [0.25, 0.3) is 0 Å². The second kappa shape index (κ2) is 4.59. The minimum absolute atomic E-state index is 0.0422. The van der Waals surface area contributed by atoms with Crippen LogP contribution in [0.2, 0.25) is 0 Å². The number of ether oxygens (including phenoxy) is 1. The molecule has 112 valence electrons. The molecule has 1 aliphatic heterocycles. The number of allylic oxidation sites excluding steroid dienone is 2. The molecule has 0 aromatic heterocycles. The first-order chi connectivity index (χ1) is 9.30. The fourth-order valence-electron chi connectivity index (χ4n) is 4.32. The number of carbonyl (C=O) groups excluding carboxylic acids is 1. The molecule has 0 aromatic carbocycles. The average Bonchev–Trinajstić information content (AvgIpc) is 2.23. The molecule has 0 radical (unpaired) electrons. The van der Waals surface area contributed by atoms with Gasteiger partial charge in [0.1, 0.15) is 5.76 Å². The molecule has 3 rings (SSSR count). The maximum Gasteiger partial charge on any atom is 0.163 e. The summed E-state index contributed by atoms with van der Waals surface area (Å²) in [7, 11) is 0. The van der Waals surface area contributed by atoms with Gasteiger partial charge in [0, 0.05) is 37.3 Å². The summed E-state index contributed by atoms with van der Waals surface area (Å²) >= 11 is 0. The van der Waals surface area contributed by atoms with Gasteiger partial charge in [0.25, 0.3) is 0 Å². The first kappa shape index (κ1) is 14.1. The van der Waals surface area contributed by atoms with E-state index >= 15 is 0 Å². The van der Waals surface area contributed by atoms with Crippen LogP contribution in [-0.4, -0.2) is 17.6 Å². The zero-order chi connectivity index (χ0) is 14.5. The van der Waals surface area contributed by atoms with Crippen LogP contribution in [-0.2, 0) is 9.53 Å². The summed E-state index contributed by atoms with van der Waals surface area (Å²) in [6, 6.07) is 0.406. The Balaban J connectivity index is 1.96. The van der Waals surface area contributed by atoms with Gasteiger partial charge in [-0.3, -0.25) is 10.1 Å². The Hall–Kier alpha value is -0.830.